The lowest BCUT2D eigenvalue weighted by atomic mass is 10.00. The van der Waals surface area contributed by atoms with Crippen molar-refractivity contribution in [3.05, 3.63) is 65.1 Å². The van der Waals surface area contributed by atoms with Gasteiger partial charge in [-0.2, -0.15) is 31.4 Å². The average Bonchev–Trinajstić information content (AvgIpc) is 3.46. The van der Waals surface area contributed by atoms with Gasteiger partial charge in [-0.3, -0.25) is 9.59 Å². The number of carbonyl (C=O) groups excluding carboxylic acids is 2. The molecule has 0 fully saturated rings. The zero-order chi connectivity index (χ0) is 29.6. The van der Waals surface area contributed by atoms with E-state index in [0.29, 0.717) is 11.1 Å². The van der Waals surface area contributed by atoms with Crippen LogP contribution in [-0.4, -0.2) is 46.0 Å². The van der Waals surface area contributed by atoms with Crippen LogP contribution in [0.3, 0.4) is 0 Å². The van der Waals surface area contributed by atoms with Gasteiger partial charge in [0.15, 0.2) is 0 Å². The largest absolute Gasteiger partial charge is 0.496 e. The molecule has 9 nitrogen and oxygen atoms in total. The Hall–Kier alpha value is -4.76. The predicted molar refractivity (Wildman–Crippen MR) is 128 cm³/mol. The van der Waals surface area contributed by atoms with Crippen LogP contribution in [-0.2, 0) is 6.54 Å². The summed E-state index contributed by atoms with van der Waals surface area (Å²) in [5.74, 6) is -3.86. The third kappa shape index (κ3) is 5.11. The van der Waals surface area contributed by atoms with Crippen molar-refractivity contribution < 1.29 is 45.1 Å². The van der Waals surface area contributed by atoms with Crippen LogP contribution in [0.4, 0.5) is 36.6 Å². The van der Waals surface area contributed by atoms with Gasteiger partial charge in [0, 0.05) is 23.7 Å². The molecule has 0 spiro atoms. The number of amides is 2. The number of benzene rings is 2. The number of methoxy groups -OCH3 is 1. The van der Waals surface area contributed by atoms with E-state index in [9.17, 15) is 40.3 Å². The number of hydrogen-bond acceptors (Lipinski definition) is 5. The van der Waals surface area contributed by atoms with E-state index in [0.717, 1.165) is 12.1 Å². The van der Waals surface area contributed by atoms with Gasteiger partial charge in [0.1, 0.15) is 28.6 Å². The van der Waals surface area contributed by atoms with Crippen molar-refractivity contribution in [1.29, 1.82) is 0 Å². The van der Waals surface area contributed by atoms with Gasteiger partial charge in [-0.25, -0.2) is 9.07 Å². The van der Waals surface area contributed by atoms with E-state index in [2.05, 4.69) is 15.4 Å². The summed E-state index contributed by atoms with van der Waals surface area (Å²) in [7, 11) is 1.30. The number of hydrogen-bond donors (Lipinski definition) is 4. The second kappa shape index (κ2) is 10.1. The summed E-state index contributed by atoms with van der Waals surface area (Å²) >= 11 is 0. The molecule has 0 radical (unpaired) electrons. The smallest absolute Gasteiger partial charge is 0.419 e. The highest BCUT2D eigenvalue weighted by Gasteiger charge is 2.59. The average molecular weight is 572 g/mol. The number of aromatic amines is 1. The minimum absolute atomic E-state index is 0.0551. The van der Waals surface area contributed by atoms with Gasteiger partial charge in [-0.15, -0.1) is 0 Å². The van der Waals surface area contributed by atoms with Crippen LogP contribution in [0.2, 0.25) is 0 Å². The van der Waals surface area contributed by atoms with Gasteiger partial charge in [-0.1, -0.05) is 12.1 Å². The molecule has 212 valence electrons. The fraction of sp³-hybridized carbons (Fsp3) is 0.208. The number of aromatic nitrogens is 3. The minimum Gasteiger partial charge on any atom is -0.496 e. The van der Waals surface area contributed by atoms with E-state index in [1.807, 2.05) is 0 Å². The molecular weight excluding hydrogens is 553 g/mol. The lowest BCUT2D eigenvalue weighted by Crippen LogP contribution is -2.39. The molecule has 4 rings (SSSR count). The zero-order valence-electron chi connectivity index (χ0n) is 20.2. The number of primary amides is 1. The Balaban J connectivity index is 1.76. The molecule has 16 heteroatoms. The lowest BCUT2D eigenvalue weighted by Gasteiger charge is -2.24. The highest BCUT2D eigenvalue weighted by molar-refractivity contribution is 6.07. The summed E-state index contributed by atoms with van der Waals surface area (Å²) in [5, 5.41) is 6.25. The first-order valence-corrected chi connectivity index (χ1v) is 11.2. The maximum atomic E-state index is 13.7. The Morgan fingerprint density at radius 1 is 1.10 bits per heavy atom. The van der Waals surface area contributed by atoms with Gasteiger partial charge >= 0.3 is 12.4 Å². The number of rotatable bonds is 7. The number of nitrogens with zero attached hydrogens (tertiary/aromatic N) is 2. The number of ether oxygens (including phenoxy) is 1. The van der Waals surface area contributed by atoms with Crippen LogP contribution < -0.4 is 21.5 Å². The summed E-state index contributed by atoms with van der Waals surface area (Å²) < 4.78 is 98.6. The molecule has 2 amide bonds. The van der Waals surface area contributed by atoms with Crippen LogP contribution in [0.15, 0.2) is 42.6 Å². The van der Waals surface area contributed by atoms with Gasteiger partial charge in [0.05, 0.1) is 18.2 Å². The fourth-order valence-electron chi connectivity index (χ4n) is 4.24. The highest BCUT2D eigenvalue weighted by atomic mass is 19.4. The molecule has 6 N–H and O–H groups in total. The Morgan fingerprint density at radius 3 is 2.38 bits per heavy atom. The number of nitrogen functional groups attached to an aromatic ring is 1. The Kier molecular flexibility index (Phi) is 7.13. The van der Waals surface area contributed by atoms with Crippen LogP contribution in [0.1, 0.15) is 32.3 Å². The number of nitrogens with two attached hydrogens (primary N) is 2. The molecule has 0 bridgehead atoms. The summed E-state index contributed by atoms with van der Waals surface area (Å²) in [4.78, 5) is 27.6. The third-order valence-electron chi connectivity index (χ3n) is 5.97. The molecule has 4 aromatic rings. The molecule has 0 aliphatic heterocycles. The van der Waals surface area contributed by atoms with Crippen LogP contribution >= 0.6 is 0 Å². The van der Waals surface area contributed by atoms with Crippen LogP contribution in [0.5, 0.6) is 5.75 Å². The Morgan fingerprint density at radius 2 is 1.77 bits per heavy atom. The van der Waals surface area contributed by atoms with Crippen molar-refractivity contribution in [1.82, 2.24) is 20.1 Å². The molecule has 40 heavy (non-hydrogen) atoms. The van der Waals surface area contributed by atoms with E-state index in [1.165, 1.54) is 37.6 Å². The van der Waals surface area contributed by atoms with Crippen LogP contribution in [0, 0.1) is 5.82 Å². The number of nitrogens with one attached hydrogen (secondary N) is 2. The van der Waals surface area contributed by atoms with Gasteiger partial charge in [0.25, 0.3) is 11.8 Å². The van der Waals surface area contributed by atoms with Crippen molar-refractivity contribution in [2.75, 3.05) is 12.8 Å². The number of fused-ring (bicyclic) bond motifs is 1. The summed E-state index contributed by atoms with van der Waals surface area (Å²) in [5.41, 5.74) is 9.99. The third-order valence-corrected chi connectivity index (χ3v) is 5.97. The van der Waals surface area contributed by atoms with Crippen molar-refractivity contribution in [3.8, 4) is 17.0 Å². The zero-order valence-corrected chi connectivity index (χ0v) is 20.2. The SMILES string of the molecule is COc1ccc(F)cc1C(=O)NCc1ccc(-c2nn(C(C(F)(F)F)C(F)(F)F)c(N)c2C(N)=O)c2cc[nH]c12. The molecule has 2 aromatic carbocycles. The first kappa shape index (κ1) is 28.3. The number of anilines is 1. The first-order chi connectivity index (χ1) is 18.6. The Bertz CT molecular complexity index is 1590. The van der Waals surface area contributed by atoms with Gasteiger partial charge in [-0.05, 0) is 29.8 Å². The fourth-order valence-corrected chi connectivity index (χ4v) is 4.24. The van der Waals surface area contributed by atoms with E-state index in [4.69, 9.17) is 16.2 Å². The number of carbonyl (C=O) groups is 2. The van der Waals surface area contributed by atoms with E-state index in [1.54, 1.807) is 0 Å². The quantitative estimate of drug-likeness (QED) is 0.242. The van der Waals surface area contributed by atoms with Crippen molar-refractivity contribution in [3.63, 3.8) is 0 Å². The highest BCUT2D eigenvalue weighted by Crippen LogP contribution is 2.45. The van der Waals surface area contributed by atoms with E-state index >= 15 is 0 Å². The van der Waals surface area contributed by atoms with Gasteiger partial charge < -0.3 is 26.5 Å². The maximum Gasteiger partial charge on any atom is 0.419 e. The summed E-state index contributed by atoms with van der Waals surface area (Å²) in [6.07, 6.45) is -10.3. The molecule has 0 atom stereocenters. The monoisotopic (exact) mass is 572 g/mol. The second-order valence-electron chi connectivity index (χ2n) is 8.47. The molecule has 0 aliphatic carbocycles. The number of H-pyrrole nitrogens is 1. The standard InChI is InChI=1S/C24H19F7N6O3/c1-40-15-5-3-11(25)8-14(15)21(39)35-9-10-2-4-12(13-6-7-34-17(10)13)18-16(20(33)38)19(32)37(36-18)22(23(26,27)28)24(29,30)31/h2-8,22,34H,9,32H2,1H3,(H2,33,38)(H,35,39). The molecule has 0 unspecified atom stereocenters. The molecule has 0 saturated carbocycles. The first-order valence-electron chi connectivity index (χ1n) is 11.2. The molecule has 0 saturated heterocycles. The van der Waals surface area contributed by atoms with Crippen molar-refractivity contribution in [2.45, 2.75) is 24.9 Å². The molecular formula is C24H19F7N6O3. The molecule has 0 aliphatic rings. The normalized spacial score (nSPS) is 12.2. The Labute approximate surface area is 219 Å². The second-order valence-corrected chi connectivity index (χ2v) is 8.47. The van der Waals surface area contributed by atoms with Crippen LogP contribution in [0.25, 0.3) is 22.2 Å². The minimum atomic E-state index is -5.85. The van der Waals surface area contributed by atoms with Gasteiger partial charge in [0.2, 0.25) is 6.04 Å². The topological polar surface area (TPSA) is 141 Å². The summed E-state index contributed by atoms with van der Waals surface area (Å²) in [6, 6.07) is 3.31. The van der Waals surface area contributed by atoms with E-state index < -0.39 is 57.8 Å². The molecule has 2 aromatic heterocycles. The number of halogens is 7. The predicted octanol–water partition coefficient (Wildman–Crippen LogP) is 4.46. The van der Waals surface area contributed by atoms with E-state index in [-0.39, 0.29) is 28.8 Å². The van der Waals surface area contributed by atoms with Crippen molar-refractivity contribution in [2.24, 2.45) is 5.73 Å². The lowest BCUT2D eigenvalue weighted by molar-refractivity contribution is -0.276. The van der Waals surface area contributed by atoms with Crippen molar-refractivity contribution >= 4 is 28.5 Å². The number of alkyl halides is 6. The molecule has 2 heterocycles. The summed E-state index contributed by atoms with van der Waals surface area (Å²) in [6.45, 7) is -0.140. The maximum absolute atomic E-state index is 13.7.